The fourth-order valence-corrected chi connectivity index (χ4v) is 2.90. The van der Waals surface area contributed by atoms with Crippen molar-refractivity contribution in [2.24, 2.45) is 7.05 Å². The van der Waals surface area contributed by atoms with Gasteiger partial charge in [-0.25, -0.2) is 9.97 Å². The average molecular weight is 271 g/mol. The molecule has 2 aromatic heterocycles. The highest BCUT2D eigenvalue weighted by molar-refractivity contribution is 5.62. The zero-order chi connectivity index (χ0) is 14.1. The van der Waals surface area contributed by atoms with Gasteiger partial charge in [-0.2, -0.15) is 5.10 Å². The van der Waals surface area contributed by atoms with E-state index in [-0.39, 0.29) is 0 Å². The smallest absolute Gasteiger partial charge is 0.165 e. The van der Waals surface area contributed by atoms with Crippen molar-refractivity contribution in [3.63, 3.8) is 0 Å². The summed E-state index contributed by atoms with van der Waals surface area (Å²) in [7, 11) is 3.88. The van der Waals surface area contributed by atoms with E-state index >= 15 is 0 Å². The van der Waals surface area contributed by atoms with E-state index in [1.165, 1.54) is 24.1 Å². The summed E-state index contributed by atoms with van der Waals surface area (Å²) in [6.45, 7) is 2.11. The number of rotatable bonds is 3. The molecular formula is C15H21N5. The highest BCUT2D eigenvalue weighted by Crippen LogP contribution is 2.29. The molecule has 0 atom stereocenters. The lowest BCUT2D eigenvalue weighted by molar-refractivity contribution is 0.665. The maximum absolute atomic E-state index is 4.81. The van der Waals surface area contributed by atoms with Gasteiger partial charge >= 0.3 is 0 Å². The van der Waals surface area contributed by atoms with Gasteiger partial charge in [0.25, 0.3) is 0 Å². The lowest BCUT2D eigenvalue weighted by Gasteiger charge is -2.18. The van der Waals surface area contributed by atoms with Gasteiger partial charge < -0.3 is 5.32 Å². The van der Waals surface area contributed by atoms with Crippen LogP contribution in [0.4, 0.5) is 5.82 Å². The highest BCUT2D eigenvalue weighted by Gasteiger charge is 2.19. The number of hydrogen-bond donors (Lipinski definition) is 1. The molecule has 106 valence electrons. The molecule has 5 nitrogen and oxygen atoms in total. The van der Waals surface area contributed by atoms with Crippen LogP contribution in [0, 0.1) is 0 Å². The van der Waals surface area contributed by atoms with Crippen LogP contribution >= 0.6 is 0 Å². The standard InChI is InChI=1S/C15H21N5/c1-4-12-11(9-20(3)19-12)15-17-13-8-6-5-7-10(13)14(16-2)18-15/h9H,4-8H2,1-3H3,(H,16,17,18). The average Bonchev–Trinajstić information content (AvgIpc) is 2.87. The summed E-state index contributed by atoms with van der Waals surface area (Å²) in [5, 5.41) is 7.72. The van der Waals surface area contributed by atoms with E-state index in [4.69, 9.17) is 9.97 Å². The normalized spacial score (nSPS) is 14.2. The summed E-state index contributed by atoms with van der Waals surface area (Å²) >= 11 is 0. The van der Waals surface area contributed by atoms with Crippen LogP contribution in [0.2, 0.25) is 0 Å². The van der Waals surface area contributed by atoms with Crippen LogP contribution in [0.15, 0.2) is 6.20 Å². The number of anilines is 1. The molecule has 2 aromatic rings. The number of hydrogen-bond acceptors (Lipinski definition) is 4. The third-order valence-corrected chi connectivity index (χ3v) is 3.90. The second-order valence-electron chi connectivity index (χ2n) is 5.29. The second-order valence-corrected chi connectivity index (χ2v) is 5.29. The fourth-order valence-electron chi connectivity index (χ4n) is 2.90. The molecular weight excluding hydrogens is 250 g/mol. The zero-order valence-electron chi connectivity index (χ0n) is 12.4. The molecule has 1 aliphatic rings. The summed E-state index contributed by atoms with van der Waals surface area (Å²) in [4.78, 5) is 9.53. The van der Waals surface area contributed by atoms with Crippen LogP contribution in [0.1, 0.15) is 36.7 Å². The molecule has 2 heterocycles. The number of aryl methyl sites for hydroxylation is 3. The largest absolute Gasteiger partial charge is 0.373 e. The van der Waals surface area contributed by atoms with Crippen molar-refractivity contribution < 1.29 is 0 Å². The van der Waals surface area contributed by atoms with E-state index in [1.54, 1.807) is 0 Å². The number of aromatic nitrogens is 4. The molecule has 0 amide bonds. The Morgan fingerprint density at radius 2 is 2.05 bits per heavy atom. The fraction of sp³-hybridized carbons (Fsp3) is 0.533. The number of nitrogens with zero attached hydrogens (tertiary/aromatic N) is 4. The third-order valence-electron chi connectivity index (χ3n) is 3.90. The minimum atomic E-state index is 0.806. The van der Waals surface area contributed by atoms with Crippen molar-refractivity contribution >= 4 is 5.82 Å². The number of nitrogens with one attached hydrogen (secondary N) is 1. The van der Waals surface area contributed by atoms with Crippen molar-refractivity contribution in [2.75, 3.05) is 12.4 Å². The number of fused-ring (bicyclic) bond motifs is 1. The Labute approximate surface area is 119 Å². The van der Waals surface area contributed by atoms with E-state index in [0.717, 1.165) is 42.2 Å². The van der Waals surface area contributed by atoms with Gasteiger partial charge in [-0.15, -0.1) is 0 Å². The Hall–Kier alpha value is -1.91. The molecule has 0 bridgehead atoms. The lowest BCUT2D eigenvalue weighted by atomic mass is 9.96. The second kappa shape index (κ2) is 5.23. The molecule has 1 N–H and O–H groups in total. The van der Waals surface area contributed by atoms with E-state index in [1.807, 2.05) is 25.0 Å². The molecule has 0 fully saturated rings. The molecule has 0 radical (unpaired) electrons. The van der Waals surface area contributed by atoms with Crippen molar-refractivity contribution in [2.45, 2.75) is 39.0 Å². The van der Waals surface area contributed by atoms with Crippen LogP contribution in [-0.2, 0) is 26.3 Å². The Morgan fingerprint density at radius 3 is 2.80 bits per heavy atom. The van der Waals surface area contributed by atoms with Crippen LogP contribution in [0.5, 0.6) is 0 Å². The summed E-state index contributed by atoms with van der Waals surface area (Å²) in [5.74, 6) is 1.79. The Bertz CT molecular complexity index is 612. The first-order chi connectivity index (χ1) is 9.72. The van der Waals surface area contributed by atoms with E-state index < -0.39 is 0 Å². The van der Waals surface area contributed by atoms with Gasteiger partial charge in [-0.3, -0.25) is 4.68 Å². The SMILES string of the molecule is CCc1nn(C)cc1-c1nc2c(c(NC)n1)CCCC2. The molecule has 5 heteroatoms. The lowest BCUT2D eigenvalue weighted by Crippen LogP contribution is -2.12. The first-order valence-corrected chi connectivity index (χ1v) is 7.33. The Balaban J connectivity index is 2.14. The van der Waals surface area contributed by atoms with E-state index in [0.29, 0.717) is 0 Å². The molecule has 0 aromatic carbocycles. The molecule has 0 spiro atoms. The topological polar surface area (TPSA) is 55.6 Å². The highest BCUT2D eigenvalue weighted by atomic mass is 15.3. The first-order valence-electron chi connectivity index (χ1n) is 7.33. The molecule has 0 unspecified atom stereocenters. The Kier molecular flexibility index (Phi) is 3.42. The molecule has 3 rings (SSSR count). The van der Waals surface area contributed by atoms with Crippen molar-refractivity contribution in [1.29, 1.82) is 0 Å². The molecule has 20 heavy (non-hydrogen) atoms. The minimum Gasteiger partial charge on any atom is -0.373 e. The van der Waals surface area contributed by atoms with Crippen molar-refractivity contribution in [1.82, 2.24) is 19.7 Å². The van der Waals surface area contributed by atoms with Crippen LogP contribution in [0.25, 0.3) is 11.4 Å². The van der Waals surface area contributed by atoms with E-state index in [9.17, 15) is 0 Å². The molecule has 0 saturated heterocycles. The van der Waals surface area contributed by atoms with Crippen LogP contribution < -0.4 is 5.32 Å². The molecule has 1 aliphatic carbocycles. The van der Waals surface area contributed by atoms with Gasteiger partial charge in [0, 0.05) is 31.5 Å². The zero-order valence-corrected chi connectivity index (χ0v) is 12.4. The van der Waals surface area contributed by atoms with Crippen molar-refractivity contribution in [3.05, 3.63) is 23.1 Å². The summed E-state index contributed by atoms with van der Waals surface area (Å²) < 4.78 is 1.84. The Morgan fingerprint density at radius 1 is 1.25 bits per heavy atom. The van der Waals surface area contributed by atoms with Crippen molar-refractivity contribution in [3.8, 4) is 11.4 Å². The van der Waals surface area contributed by atoms with Gasteiger partial charge in [-0.1, -0.05) is 6.92 Å². The third kappa shape index (κ3) is 2.17. The van der Waals surface area contributed by atoms with Gasteiger partial charge in [0.2, 0.25) is 0 Å². The predicted octanol–water partition coefficient (Wildman–Crippen LogP) is 2.36. The monoisotopic (exact) mass is 271 g/mol. The molecule has 0 aliphatic heterocycles. The van der Waals surface area contributed by atoms with Crippen LogP contribution in [-0.4, -0.2) is 26.8 Å². The minimum absolute atomic E-state index is 0.806. The summed E-state index contributed by atoms with van der Waals surface area (Å²) in [6, 6.07) is 0. The molecule has 0 saturated carbocycles. The van der Waals surface area contributed by atoms with Gasteiger partial charge in [0.05, 0.1) is 11.3 Å². The summed E-state index contributed by atoms with van der Waals surface area (Å²) in [5.41, 5.74) is 4.62. The first kappa shape index (κ1) is 13.1. The van der Waals surface area contributed by atoms with E-state index in [2.05, 4.69) is 17.3 Å². The predicted molar refractivity (Wildman–Crippen MR) is 79.8 cm³/mol. The van der Waals surface area contributed by atoms with Crippen LogP contribution in [0.3, 0.4) is 0 Å². The van der Waals surface area contributed by atoms with Gasteiger partial charge in [0.15, 0.2) is 5.82 Å². The summed E-state index contributed by atoms with van der Waals surface area (Å²) in [6.07, 6.45) is 7.51. The van der Waals surface area contributed by atoms with Gasteiger partial charge in [-0.05, 0) is 32.1 Å². The maximum atomic E-state index is 4.81. The quantitative estimate of drug-likeness (QED) is 0.931. The maximum Gasteiger partial charge on any atom is 0.165 e. The van der Waals surface area contributed by atoms with Gasteiger partial charge in [0.1, 0.15) is 5.82 Å².